The van der Waals surface area contributed by atoms with Crippen LogP contribution in [0.1, 0.15) is 18.4 Å². The van der Waals surface area contributed by atoms with Crippen molar-refractivity contribution in [2.45, 2.75) is 19.3 Å². The first-order chi connectivity index (χ1) is 6.84. The van der Waals surface area contributed by atoms with Gasteiger partial charge in [-0.15, -0.1) is 0 Å². The molecular weight excluding hydrogens is 194 g/mol. The predicted molar refractivity (Wildman–Crippen MR) is 60.7 cm³/mol. The molecule has 2 rings (SSSR count). The number of nitrogens with one attached hydrogen (secondary N) is 1. The van der Waals surface area contributed by atoms with Gasteiger partial charge in [0, 0.05) is 5.02 Å². The van der Waals surface area contributed by atoms with Crippen LogP contribution in [-0.2, 0) is 6.42 Å². The Hall–Kier alpha value is -0.530. The van der Waals surface area contributed by atoms with Crippen LogP contribution in [0.15, 0.2) is 24.3 Å². The third-order valence-electron chi connectivity index (χ3n) is 2.63. The van der Waals surface area contributed by atoms with E-state index >= 15 is 0 Å². The molecule has 0 atom stereocenters. The maximum atomic E-state index is 5.81. The maximum Gasteiger partial charge on any atom is 0.0406 e. The van der Waals surface area contributed by atoms with Gasteiger partial charge in [-0.2, -0.15) is 0 Å². The third kappa shape index (κ3) is 3.32. The summed E-state index contributed by atoms with van der Waals surface area (Å²) in [6.45, 7) is 2.28. The second-order valence-electron chi connectivity index (χ2n) is 4.02. The van der Waals surface area contributed by atoms with Gasteiger partial charge in [-0.05, 0) is 56.0 Å². The molecule has 0 heterocycles. The highest BCUT2D eigenvalue weighted by Crippen LogP contribution is 2.27. The first kappa shape index (κ1) is 10.0. The van der Waals surface area contributed by atoms with E-state index < -0.39 is 0 Å². The van der Waals surface area contributed by atoms with E-state index in [1.807, 2.05) is 12.1 Å². The first-order valence-corrected chi connectivity index (χ1v) is 5.67. The van der Waals surface area contributed by atoms with E-state index in [4.69, 9.17) is 11.6 Å². The van der Waals surface area contributed by atoms with Gasteiger partial charge in [0.2, 0.25) is 0 Å². The average Bonchev–Trinajstić information content (AvgIpc) is 2.99. The molecular formula is C12H16ClN. The maximum absolute atomic E-state index is 5.81. The molecule has 76 valence electrons. The van der Waals surface area contributed by atoms with E-state index in [-0.39, 0.29) is 0 Å². The summed E-state index contributed by atoms with van der Waals surface area (Å²) in [5.74, 6) is 0.972. The zero-order valence-electron chi connectivity index (χ0n) is 8.30. The van der Waals surface area contributed by atoms with E-state index in [1.54, 1.807) is 0 Å². The number of rotatable bonds is 5. The lowest BCUT2D eigenvalue weighted by Gasteiger charge is -2.03. The molecule has 1 aliphatic rings. The van der Waals surface area contributed by atoms with E-state index in [9.17, 15) is 0 Å². The van der Waals surface area contributed by atoms with Gasteiger partial charge in [0.1, 0.15) is 0 Å². The number of hydrogen-bond acceptors (Lipinski definition) is 1. The fourth-order valence-corrected chi connectivity index (χ4v) is 1.64. The molecule has 2 heteroatoms. The molecule has 0 radical (unpaired) electrons. The van der Waals surface area contributed by atoms with Crippen molar-refractivity contribution in [1.82, 2.24) is 5.32 Å². The van der Waals surface area contributed by atoms with Crippen molar-refractivity contribution >= 4 is 11.6 Å². The molecule has 1 aromatic carbocycles. The summed E-state index contributed by atoms with van der Waals surface area (Å²) in [5, 5.41) is 4.30. The summed E-state index contributed by atoms with van der Waals surface area (Å²) in [5.41, 5.74) is 1.36. The largest absolute Gasteiger partial charge is 0.316 e. The highest BCUT2D eigenvalue weighted by Gasteiger charge is 2.19. The predicted octanol–water partition coefficient (Wildman–Crippen LogP) is 2.88. The Morgan fingerprint density at radius 2 is 1.93 bits per heavy atom. The molecule has 0 aromatic heterocycles. The lowest BCUT2D eigenvalue weighted by Crippen LogP contribution is -2.19. The average molecular weight is 210 g/mol. The second kappa shape index (κ2) is 4.81. The van der Waals surface area contributed by atoms with Crippen LogP contribution in [0.4, 0.5) is 0 Å². The van der Waals surface area contributed by atoms with Gasteiger partial charge in [0.15, 0.2) is 0 Å². The van der Waals surface area contributed by atoms with E-state index in [0.29, 0.717) is 0 Å². The highest BCUT2D eigenvalue weighted by atomic mass is 35.5. The van der Waals surface area contributed by atoms with Crippen molar-refractivity contribution in [1.29, 1.82) is 0 Å². The molecule has 0 saturated heterocycles. The molecule has 1 aliphatic carbocycles. The fraction of sp³-hybridized carbons (Fsp3) is 0.500. The highest BCUT2D eigenvalue weighted by molar-refractivity contribution is 6.30. The van der Waals surface area contributed by atoms with Crippen LogP contribution >= 0.6 is 11.6 Å². The van der Waals surface area contributed by atoms with Crippen LogP contribution in [0.3, 0.4) is 0 Å². The normalized spacial score (nSPS) is 15.8. The van der Waals surface area contributed by atoms with Crippen LogP contribution in [0.2, 0.25) is 5.02 Å². The quantitative estimate of drug-likeness (QED) is 0.736. The molecule has 1 N–H and O–H groups in total. The molecule has 0 aliphatic heterocycles. The second-order valence-corrected chi connectivity index (χ2v) is 4.46. The van der Waals surface area contributed by atoms with Crippen LogP contribution in [0.5, 0.6) is 0 Å². The summed E-state index contributed by atoms with van der Waals surface area (Å²) in [6, 6.07) is 8.11. The van der Waals surface area contributed by atoms with Crippen LogP contribution in [0.25, 0.3) is 0 Å². The minimum absolute atomic E-state index is 0.819. The number of halogens is 1. The third-order valence-corrected chi connectivity index (χ3v) is 2.89. The van der Waals surface area contributed by atoms with Gasteiger partial charge >= 0.3 is 0 Å². The summed E-state index contributed by atoms with van der Waals surface area (Å²) in [7, 11) is 0. The van der Waals surface area contributed by atoms with Gasteiger partial charge in [-0.1, -0.05) is 23.7 Å². The van der Waals surface area contributed by atoms with Crippen molar-refractivity contribution in [3.05, 3.63) is 34.9 Å². The Morgan fingerprint density at radius 1 is 1.21 bits per heavy atom. The molecule has 0 unspecified atom stereocenters. The fourth-order valence-electron chi connectivity index (χ4n) is 1.51. The first-order valence-electron chi connectivity index (χ1n) is 5.30. The lowest BCUT2D eigenvalue weighted by atomic mass is 10.1. The number of hydrogen-bond donors (Lipinski definition) is 1. The van der Waals surface area contributed by atoms with Gasteiger partial charge in [0.05, 0.1) is 0 Å². The van der Waals surface area contributed by atoms with Crippen molar-refractivity contribution in [3.63, 3.8) is 0 Å². The Morgan fingerprint density at radius 3 is 2.57 bits per heavy atom. The Labute approximate surface area is 90.5 Å². The summed E-state index contributed by atoms with van der Waals surface area (Å²) in [6.07, 6.45) is 3.95. The molecule has 1 saturated carbocycles. The van der Waals surface area contributed by atoms with Crippen LogP contribution in [0, 0.1) is 5.92 Å². The van der Waals surface area contributed by atoms with E-state index in [0.717, 1.165) is 23.9 Å². The lowest BCUT2D eigenvalue weighted by molar-refractivity contribution is 0.637. The van der Waals surface area contributed by atoms with Gasteiger partial charge in [-0.3, -0.25) is 0 Å². The van der Waals surface area contributed by atoms with Gasteiger partial charge < -0.3 is 5.32 Å². The van der Waals surface area contributed by atoms with E-state index in [1.165, 1.54) is 24.9 Å². The van der Waals surface area contributed by atoms with Crippen molar-refractivity contribution < 1.29 is 0 Å². The van der Waals surface area contributed by atoms with Gasteiger partial charge in [0.25, 0.3) is 0 Å². The SMILES string of the molecule is Clc1ccc(CCNCC2CC2)cc1. The molecule has 1 nitrogen and oxygen atoms in total. The standard InChI is InChI=1S/C12H16ClN/c13-12-5-3-10(4-6-12)7-8-14-9-11-1-2-11/h3-6,11,14H,1-2,7-9H2. The molecule has 0 bridgehead atoms. The topological polar surface area (TPSA) is 12.0 Å². The van der Waals surface area contributed by atoms with Crippen LogP contribution < -0.4 is 5.32 Å². The Balaban J connectivity index is 1.66. The molecule has 0 amide bonds. The minimum Gasteiger partial charge on any atom is -0.316 e. The molecule has 1 aromatic rings. The molecule has 1 fully saturated rings. The zero-order valence-corrected chi connectivity index (χ0v) is 9.06. The van der Waals surface area contributed by atoms with Crippen molar-refractivity contribution in [2.24, 2.45) is 5.92 Å². The minimum atomic E-state index is 0.819. The molecule has 14 heavy (non-hydrogen) atoms. The van der Waals surface area contributed by atoms with Gasteiger partial charge in [-0.25, -0.2) is 0 Å². The van der Waals surface area contributed by atoms with Crippen LogP contribution in [-0.4, -0.2) is 13.1 Å². The van der Waals surface area contributed by atoms with Crippen molar-refractivity contribution in [2.75, 3.05) is 13.1 Å². The number of benzene rings is 1. The monoisotopic (exact) mass is 209 g/mol. The smallest absolute Gasteiger partial charge is 0.0406 e. The summed E-state index contributed by atoms with van der Waals surface area (Å²) in [4.78, 5) is 0. The van der Waals surface area contributed by atoms with Crippen molar-refractivity contribution in [3.8, 4) is 0 Å². The van der Waals surface area contributed by atoms with E-state index in [2.05, 4.69) is 17.4 Å². The Kier molecular flexibility index (Phi) is 3.44. The summed E-state index contributed by atoms with van der Waals surface area (Å²) < 4.78 is 0. The zero-order chi connectivity index (χ0) is 9.80. The summed E-state index contributed by atoms with van der Waals surface area (Å²) >= 11 is 5.81. The molecule has 0 spiro atoms. The Bertz CT molecular complexity index is 277.